The van der Waals surface area contributed by atoms with Gasteiger partial charge in [0, 0.05) is 12.3 Å². The number of hydrogen-bond acceptors (Lipinski definition) is 4. The van der Waals surface area contributed by atoms with E-state index in [1.165, 1.54) is 19.3 Å². The van der Waals surface area contributed by atoms with Gasteiger partial charge in [0.2, 0.25) is 5.89 Å². The molecule has 2 fully saturated rings. The van der Waals surface area contributed by atoms with Gasteiger partial charge in [-0.15, -0.1) is 0 Å². The summed E-state index contributed by atoms with van der Waals surface area (Å²) in [5.74, 6) is 2.94. The summed E-state index contributed by atoms with van der Waals surface area (Å²) >= 11 is 0. The van der Waals surface area contributed by atoms with E-state index in [1.807, 2.05) is 0 Å². The van der Waals surface area contributed by atoms with Crippen LogP contribution in [0, 0.1) is 11.3 Å². The Kier molecular flexibility index (Phi) is 2.69. The van der Waals surface area contributed by atoms with Gasteiger partial charge in [-0.2, -0.15) is 4.98 Å². The van der Waals surface area contributed by atoms with Gasteiger partial charge >= 0.3 is 0 Å². The van der Waals surface area contributed by atoms with Crippen LogP contribution in [0.3, 0.4) is 0 Å². The number of nitrogens with one attached hydrogen (secondary N) is 1. The molecule has 1 aliphatic carbocycles. The monoisotopic (exact) mass is 235 g/mol. The summed E-state index contributed by atoms with van der Waals surface area (Å²) in [5.41, 5.74) is 0.382. The average molecular weight is 235 g/mol. The third-order valence-electron chi connectivity index (χ3n) is 4.17. The highest BCUT2D eigenvalue weighted by Crippen LogP contribution is 2.57. The molecule has 2 atom stereocenters. The first-order valence-corrected chi connectivity index (χ1v) is 6.68. The van der Waals surface area contributed by atoms with Crippen molar-refractivity contribution in [3.8, 4) is 0 Å². The highest BCUT2D eigenvalue weighted by atomic mass is 16.5. The lowest BCUT2D eigenvalue weighted by Gasteiger charge is -2.20. The summed E-state index contributed by atoms with van der Waals surface area (Å²) in [7, 11) is 0. The lowest BCUT2D eigenvalue weighted by Crippen LogP contribution is -2.30. The number of rotatable bonds is 3. The zero-order valence-corrected chi connectivity index (χ0v) is 10.7. The maximum absolute atomic E-state index is 5.37. The molecule has 94 valence electrons. The molecule has 2 unspecified atom stereocenters. The van der Waals surface area contributed by atoms with Gasteiger partial charge in [0.05, 0.1) is 0 Å². The molecule has 17 heavy (non-hydrogen) atoms. The summed E-state index contributed by atoms with van der Waals surface area (Å²) in [6.07, 6.45) is 4.67. The summed E-state index contributed by atoms with van der Waals surface area (Å²) in [4.78, 5) is 4.56. The zero-order valence-electron chi connectivity index (χ0n) is 10.7. The summed E-state index contributed by atoms with van der Waals surface area (Å²) < 4.78 is 5.37. The predicted octanol–water partition coefficient (Wildman–Crippen LogP) is 2.13. The first-order chi connectivity index (χ1) is 8.15. The van der Waals surface area contributed by atoms with Crippen molar-refractivity contribution in [3.05, 3.63) is 11.7 Å². The van der Waals surface area contributed by atoms with Gasteiger partial charge in [-0.1, -0.05) is 19.0 Å². The van der Waals surface area contributed by atoms with Crippen LogP contribution in [-0.4, -0.2) is 23.2 Å². The van der Waals surface area contributed by atoms with E-state index >= 15 is 0 Å². The maximum Gasteiger partial charge on any atom is 0.226 e. The second kappa shape index (κ2) is 4.09. The first kappa shape index (κ1) is 11.2. The van der Waals surface area contributed by atoms with Crippen LogP contribution in [0.15, 0.2) is 4.52 Å². The minimum atomic E-state index is 0.382. The SMILES string of the molecule is CC1(C)CC1c1noc(CC2CCCNC2)n1. The van der Waals surface area contributed by atoms with E-state index in [1.54, 1.807) is 0 Å². The van der Waals surface area contributed by atoms with Gasteiger partial charge in [0.15, 0.2) is 5.82 Å². The lowest BCUT2D eigenvalue weighted by atomic mass is 9.96. The Morgan fingerprint density at radius 2 is 2.29 bits per heavy atom. The Hall–Kier alpha value is -0.900. The van der Waals surface area contributed by atoms with Crippen molar-refractivity contribution in [2.75, 3.05) is 13.1 Å². The van der Waals surface area contributed by atoms with Crippen molar-refractivity contribution in [2.24, 2.45) is 11.3 Å². The summed E-state index contributed by atoms with van der Waals surface area (Å²) in [6, 6.07) is 0. The van der Waals surface area contributed by atoms with Crippen LogP contribution < -0.4 is 5.32 Å². The molecule has 1 aromatic rings. The first-order valence-electron chi connectivity index (χ1n) is 6.68. The van der Waals surface area contributed by atoms with E-state index in [4.69, 9.17) is 4.52 Å². The van der Waals surface area contributed by atoms with Gasteiger partial charge in [-0.3, -0.25) is 0 Å². The average Bonchev–Trinajstić information content (AvgIpc) is 2.74. The quantitative estimate of drug-likeness (QED) is 0.872. The fourth-order valence-electron chi connectivity index (χ4n) is 2.75. The largest absolute Gasteiger partial charge is 0.339 e. The van der Waals surface area contributed by atoms with Crippen molar-refractivity contribution in [2.45, 2.75) is 45.4 Å². The molecule has 0 aromatic carbocycles. The molecule has 0 radical (unpaired) electrons. The molecule has 1 N–H and O–H groups in total. The van der Waals surface area contributed by atoms with Crippen LogP contribution in [-0.2, 0) is 6.42 Å². The molecular formula is C13H21N3O. The van der Waals surface area contributed by atoms with Crippen LogP contribution in [0.25, 0.3) is 0 Å². The molecule has 1 aromatic heterocycles. The Labute approximate surface area is 102 Å². The predicted molar refractivity (Wildman–Crippen MR) is 64.7 cm³/mol. The standard InChI is InChI=1S/C13H21N3O/c1-13(2)7-10(13)12-15-11(17-16-12)6-9-4-3-5-14-8-9/h9-10,14H,3-8H2,1-2H3. The maximum atomic E-state index is 5.37. The Morgan fingerprint density at radius 1 is 1.47 bits per heavy atom. The molecule has 0 bridgehead atoms. The molecular weight excluding hydrogens is 214 g/mol. The Morgan fingerprint density at radius 3 is 2.94 bits per heavy atom. The van der Waals surface area contributed by atoms with E-state index in [0.29, 0.717) is 17.3 Å². The number of nitrogens with zero attached hydrogens (tertiary/aromatic N) is 2. The second-order valence-corrected chi connectivity index (χ2v) is 6.21. The molecule has 0 spiro atoms. The summed E-state index contributed by atoms with van der Waals surface area (Å²) in [6.45, 7) is 6.77. The van der Waals surface area contributed by atoms with Crippen molar-refractivity contribution in [1.29, 1.82) is 0 Å². The highest BCUT2D eigenvalue weighted by Gasteiger charge is 2.49. The molecule has 2 aliphatic rings. The van der Waals surface area contributed by atoms with Crippen LogP contribution >= 0.6 is 0 Å². The molecule has 1 saturated heterocycles. The van der Waals surface area contributed by atoms with Crippen LogP contribution in [0.1, 0.15) is 50.7 Å². The van der Waals surface area contributed by atoms with Gasteiger partial charge in [-0.25, -0.2) is 0 Å². The minimum Gasteiger partial charge on any atom is -0.339 e. The highest BCUT2D eigenvalue weighted by molar-refractivity contribution is 5.14. The fourth-order valence-corrected chi connectivity index (χ4v) is 2.75. The van der Waals surface area contributed by atoms with E-state index in [9.17, 15) is 0 Å². The van der Waals surface area contributed by atoms with Crippen LogP contribution in [0.2, 0.25) is 0 Å². The van der Waals surface area contributed by atoms with Crippen molar-refractivity contribution >= 4 is 0 Å². The fraction of sp³-hybridized carbons (Fsp3) is 0.846. The van der Waals surface area contributed by atoms with Crippen molar-refractivity contribution in [3.63, 3.8) is 0 Å². The van der Waals surface area contributed by atoms with Crippen LogP contribution in [0.5, 0.6) is 0 Å². The minimum absolute atomic E-state index is 0.382. The molecule has 4 heteroatoms. The van der Waals surface area contributed by atoms with Crippen LogP contribution in [0.4, 0.5) is 0 Å². The summed E-state index contributed by atoms with van der Waals surface area (Å²) in [5, 5.41) is 7.55. The molecule has 0 amide bonds. The Balaban J connectivity index is 1.61. The van der Waals surface area contributed by atoms with E-state index in [2.05, 4.69) is 29.3 Å². The van der Waals surface area contributed by atoms with Gasteiger partial charge in [-0.05, 0) is 43.7 Å². The Bertz CT molecular complexity index is 393. The van der Waals surface area contributed by atoms with Crippen molar-refractivity contribution < 1.29 is 4.52 Å². The van der Waals surface area contributed by atoms with Gasteiger partial charge in [0.1, 0.15) is 0 Å². The van der Waals surface area contributed by atoms with Crippen molar-refractivity contribution in [1.82, 2.24) is 15.5 Å². The van der Waals surface area contributed by atoms with E-state index < -0.39 is 0 Å². The molecule has 1 saturated carbocycles. The smallest absolute Gasteiger partial charge is 0.226 e. The van der Waals surface area contributed by atoms with E-state index in [0.717, 1.165) is 31.2 Å². The third kappa shape index (κ3) is 2.37. The molecule has 4 nitrogen and oxygen atoms in total. The van der Waals surface area contributed by atoms with E-state index in [-0.39, 0.29) is 0 Å². The number of hydrogen-bond donors (Lipinski definition) is 1. The molecule has 3 rings (SSSR count). The number of aromatic nitrogens is 2. The molecule has 2 heterocycles. The normalized spacial score (nSPS) is 31.4. The molecule has 1 aliphatic heterocycles. The topological polar surface area (TPSA) is 51.0 Å². The zero-order chi connectivity index (χ0) is 11.9. The lowest BCUT2D eigenvalue weighted by molar-refractivity contribution is 0.314. The third-order valence-corrected chi connectivity index (χ3v) is 4.17. The van der Waals surface area contributed by atoms with Gasteiger partial charge in [0.25, 0.3) is 0 Å². The van der Waals surface area contributed by atoms with Gasteiger partial charge < -0.3 is 9.84 Å². The second-order valence-electron chi connectivity index (χ2n) is 6.21. The number of piperidine rings is 1.